The van der Waals surface area contributed by atoms with Gasteiger partial charge < -0.3 is 4.42 Å². The third-order valence-electron chi connectivity index (χ3n) is 4.60. The van der Waals surface area contributed by atoms with Gasteiger partial charge in [-0.2, -0.15) is 0 Å². The summed E-state index contributed by atoms with van der Waals surface area (Å²) in [5, 5.41) is 9.48. The summed E-state index contributed by atoms with van der Waals surface area (Å²) in [5.41, 5.74) is 1.90. The van der Waals surface area contributed by atoms with E-state index in [9.17, 15) is 4.79 Å². The van der Waals surface area contributed by atoms with E-state index >= 15 is 0 Å². The first-order valence-electron chi connectivity index (χ1n) is 9.25. The molecule has 5 aromatic rings. The Kier molecular flexibility index (Phi) is 4.94. The maximum Gasteiger partial charge on any atom is 0.262 e. The largest absolute Gasteiger partial charge is 0.420 e. The molecule has 0 N–H and O–H groups in total. The predicted octanol–water partition coefficient (Wildman–Crippen LogP) is 5.00. The fourth-order valence-electron chi connectivity index (χ4n) is 3.06. The highest BCUT2D eigenvalue weighted by molar-refractivity contribution is 7.98. The molecule has 148 valence electrons. The van der Waals surface area contributed by atoms with Crippen molar-refractivity contribution in [3.8, 4) is 21.9 Å². The van der Waals surface area contributed by atoms with E-state index in [1.54, 1.807) is 11.6 Å². The van der Waals surface area contributed by atoms with Gasteiger partial charge in [-0.15, -0.1) is 21.5 Å². The summed E-state index contributed by atoms with van der Waals surface area (Å²) in [5.74, 6) is 1.40. The number of hydrogen-bond donors (Lipinski definition) is 0. The molecule has 0 spiro atoms. The molecule has 0 saturated heterocycles. The van der Waals surface area contributed by atoms with E-state index in [1.807, 2.05) is 66.7 Å². The van der Waals surface area contributed by atoms with Crippen molar-refractivity contribution in [3.63, 3.8) is 0 Å². The van der Waals surface area contributed by atoms with Crippen molar-refractivity contribution in [2.45, 2.75) is 10.9 Å². The lowest BCUT2D eigenvalue weighted by Gasteiger charge is -2.05. The molecule has 0 bridgehead atoms. The predicted molar refractivity (Wildman–Crippen MR) is 120 cm³/mol. The van der Waals surface area contributed by atoms with E-state index in [-0.39, 0.29) is 5.56 Å². The molecule has 2 aromatic carbocycles. The maximum absolute atomic E-state index is 12.9. The second kappa shape index (κ2) is 7.89. The Labute approximate surface area is 180 Å². The zero-order valence-electron chi connectivity index (χ0n) is 16.0. The van der Waals surface area contributed by atoms with Gasteiger partial charge in [-0.3, -0.25) is 9.36 Å². The number of nitrogens with zero attached hydrogens (tertiary/aromatic N) is 4. The summed E-state index contributed by atoms with van der Waals surface area (Å²) < 4.78 is 7.33. The summed E-state index contributed by atoms with van der Waals surface area (Å²) in [7, 11) is 1.74. The van der Waals surface area contributed by atoms with E-state index in [4.69, 9.17) is 9.40 Å². The molecule has 0 radical (unpaired) electrons. The summed E-state index contributed by atoms with van der Waals surface area (Å²) in [4.78, 5) is 19.3. The molecule has 3 aromatic heterocycles. The van der Waals surface area contributed by atoms with Crippen LogP contribution in [0.15, 0.2) is 81.1 Å². The SMILES string of the molecule is Cn1c(SCc2nnc(-c3ccccc3)o2)nc2sc(-c3ccccc3)cc2c1=O. The molecule has 3 heterocycles. The van der Waals surface area contributed by atoms with Gasteiger partial charge in [0.05, 0.1) is 11.1 Å². The Morgan fingerprint density at radius 2 is 1.70 bits per heavy atom. The molecule has 0 aliphatic heterocycles. The zero-order valence-corrected chi connectivity index (χ0v) is 17.6. The Hall–Kier alpha value is -3.23. The quantitative estimate of drug-likeness (QED) is 0.287. The van der Waals surface area contributed by atoms with Crippen molar-refractivity contribution < 1.29 is 4.42 Å². The number of benzene rings is 2. The van der Waals surface area contributed by atoms with Crippen LogP contribution < -0.4 is 5.56 Å². The minimum atomic E-state index is -0.0589. The first-order chi connectivity index (χ1) is 14.7. The molecule has 5 rings (SSSR count). The highest BCUT2D eigenvalue weighted by Crippen LogP contribution is 2.32. The molecule has 0 atom stereocenters. The molecule has 30 heavy (non-hydrogen) atoms. The van der Waals surface area contributed by atoms with Crippen LogP contribution in [0.4, 0.5) is 0 Å². The van der Waals surface area contributed by atoms with Crippen molar-refractivity contribution in [1.82, 2.24) is 19.7 Å². The number of rotatable bonds is 5. The fourth-order valence-corrected chi connectivity index (χ4v) is 4.94. The van der Waals surface area contributed by atoms with Crippen LogP contribution in [0.1, 0.15) is 5.89 Å². The van der Waals surface area contributed by atoms with Crippen LogP contribution in [0.25, 0.3) is 32.1 Å². The van der Waals surface area contributed by atoms with Gasteiger partial charge in [0, 0.05) is 17.5 Å². The minimum absolute atomic E-state index is 0.0589. The number of hydrogen-bond acceptors (Lipinski definition) is 7. The molecule has 8 heteroatoms. The van der Waals surface area contributed by atoms with E-state index in [0.29, 0.717) is 28.1 Å². The zero-order chi connectivity index (χ0) is 20.5. The lowest BCUT2D eigenvalue weighted by Crippen LogP contribution is -2.19. The minimum Gasteiger partial charge on any atom is -0.420 e. The number of thioether (sulfide) groups is 1. The molecule has 6 nitrogen and oxygen atoms in total. The third-order valence-corrected chi connectivity index (χ3v) is 6.69. The van der Waals surface area contributed by atoms with Crippen molar-refractivity contribution in [3.05, 3.63) is 83.0 Å². The van der Waals surface area contributed by atoms with Crippen LogP contribution in [0, 0.1) is 0 Å². The van der Waals surface area contributed by atoms with Crippen LogP contribution in [0.5, 0.6) is 0 Å². The molecule has 0 saturated carbocycles. The van der Waals surface area contributed by atoms with E-state index in [0.717, 1.165) is 20.8 Å². The van der Waals surface area contributed by atoms with Gasteiger partial charge in [0.15, 0.2) is 5.16 Å². The molecule has 0 aliphatic rings. The van der Waals surface area contributed by atoms with Gasteiger partial charge >= 0.3 is 0 Å². The first kappa shape index (κ1) is 18.8. The molecular formula is C22H16N4O2S2. The van der Waals surface area contributed by atoms with Gasteiger partial charge in [-0.05, 0) is 23.8 Å². The van der Waals surface area contributed by atoms with Gasteiger partial charge in [-0.1, -0.05) is 60.3 Å². The van der Waals surface area contributed by atoms with Crippen LogP contribution in [-0.4, -0.2) is 19.7 Å². The van der Waals surface area contributed by atoms with Gasteiger partial charge in [0.2, 0.25) is 11.8 Å². The summed E-state index contributed by atoms with van der Waals surface area (Å²) in [6, 6.07) is 21.6. The molecular weight excluding hydrogens is 416 g/mol. The van der Waals surface area contributed by atoms with E-state index < -0.39 is 0 Å². The number of thiophene rings is 1. The van der Waals surface area contributed by atoms with Crippen LogP contribution in [0.2, 0.25) is 0 Å². The molecule has 0 fully saturated rings. The second-order valence-electron chi connectivity index (χ2n) is 6.61. The van der Waals surface area contributed by atoms with Gasteiger partial charge in [0.1, 0.15) is 4.83 Å². The normalized spacial score (nSPS) is 11.2. The lowest BCUT2D eigenvalue weighted by molar-refractivity contribution is 0.528. The van der Waals surface area contributed by atoms with Crippen molar-refractivity contribution in [1.29, 1.82) is 0 Å². The Balaban J connectivity index is 1.42. The summed E-state index contributed by atoms with van der Waals surface area (Å²) in [6.07, 6.45) is 0. The van der Waals surface area contributed by atoms with Crippen LogP contribution in [0.3, 0.4) is 0 Å². The topological polar surface area (TPSA) is 73.8 Å². The summed E-state index contributed by atoms with van der Waals surface area (Å²) >= 11 is 2.93. The van der Waals surface area contributed by atoms with Crippen molar-refractivity contribution in [2.24, 2.45) is 7.05 Å². The van der Waals surface area contributed by atoms with Crippen LogP contribution in [-0.2, 0) is 12.8 Å². The standard InChI is InChI=1S/C22H16N4O2S2/c1-26-21(27)16-12-17(14-8-4-2-5-9-14)30-20(16)23-22(26)29-13-18-24-25-19(28-18)15-10-6-3-7-11-15/h2-12H,13H2,1H3. The van der Waals surface area contributed by atoms with Gasteiger partial charge in [0.25, 0.3) is 5.56 Å². The maximum atomic E-state index is 12.9. The van der Waals surface area contributed by atoms with Gasteiger partial charge in [-0.25, -0.2) is 4.98 Å². The average Bonchev–Trinajstić information content (AvgIpc) is 3.44. The summed E-state index contributed by atoms with van der Waals surface area (Å²) in [6.45, 7) is 0. The highest BCUT2D eigenvalue weighted by atomic mass is 32.2. The average molecular weight is 433 g/mol. The van der Waals surface area contributed by atoms with Crippen LogP contribution >= 0.6 is 23.1 Å². The molecule has 0 unspecified atom stereocenters. The third kappa shape index (κ3) is 3.55. The smallest absolute Gasteiger partial charge is 0.262 e. The number of aromatic nitrogens is 4. The highest BCUT2D eigenvalue weighted by Gasteiger charge is 2.15. The number of fused-ring (bicyclic) bond motifs is 1. The van der Waals surface area contributed by atoms with Crippen molar-refractivity contribution in [2.75, 3.05) is 0 Å². The lowest BCUT2D eigenvalue weighted by atomic mass is 10.2. The molecule has 0 amide bonds. The Bertz CT molecular complexity index is 1380. The second-order valence-corrected chi connectivity index (χ2v) is 8.58. The molecule has 0 aliphatic carbocycles. The monoisotopic (exact) mass is 432 g/mol. The Morgan fingerprint density at radius 3 is 2.43 bits per heavy atom. The van der Waals surface area contributed by atoms with E-state index in [1.165, 1.54) is 23.1 Å². The Morgan fingerprint density at radius 1 is 1.00 bits per heavy atom. The van der Waals surface area contributed by atoms with Crippen molar-refractivity contribution >= 4 is 33.3 Å². The fraction of sp³-hybridized carbons (Fsp3) is 0.0909. The first-order valence-corrected chi connectivity index (χ1v) is 11.1. The van der Waals surface area contributed by atoms with E-state index in [2.05, 4.69) is 10.2 Å².